The second-order valence-electron chi connectivity index (χ2n) is 2.33. The Bertz CT molecular complexity index is 275. The lowest BCUT2D eigenvalue weighted by Gasteiger charge is -2.05. The molecule has 0 saturated heterocycles. The second kappa shape index (κ2) is 2.99. The molecule has 1 heterocycles. The Morgan fingerprint density at radius 2 is 2.09 bits per heavy atom. The minimum Gasteiger partial charge on any atom is -0.618 e. The smallest absolute Gasteiger partial charge is 0.208 e. The van der Waals surface area contributed by atoms with Crippen LogP contribution in [0.1, 0.15) is 11.3 Å². The molecule has 0 aliphatic heterocycles. The quantitative estimate of drug-likeness (QED) is 0.502. The minimum atomic E-state index is 0.523. The summed E-state index contributed by atoms with van der Waals surface area (Å²) in [5.41, 5.74) is 1.43. The van der Waals surface area contributed by atoms with Crippen molar-refractivity contribution in [2.24, 2.45) is 0 Å². The number of aromatic nitrogens is 1. The summed E-state index contributed by atoms with van der Waals surface area (Å²) < 4.78 is 1.49. The molecule has 11 heavy (non-hydrogen) atoms. The van der Waals surface area contributed by atoms with E-state index in [0.29, 0.717) is 10.7 Å². The maximum absolute atomic E-state index is 11.0. The lowest BCUT2D eigenvalue weighted by molar-refractivity contribution is -0.612. The highest BCUT2D eigenvalue weighted by molar-refractivity contribution is 9.10. The van der Waals surface area contributed by atoms with Crippen molar-refractivity contribution in [3.63, 3.8) is 0 Å². The largest absolute Gasteiger partial charge is 0.618 e. The van der Waals surface area contributed by atoms with Crippen LogP contribution in [0.3, 0.4) is 0 Å². The van der Waals surface area contributed by atoms with Crippen LogP contribution in [0.2, 0.25) is 5.02 Å². The van der Waals surface area contributed by atoms with Crippen LogP contribution < -0.4 is 4.73 Å². The third-order valence-electron chi connectivity index (χ3n) is 1.57. The molecule has 0 radical (unpaired) electrons. The second-order valence-corrected chi connectivity index (χ2v) is 3.56. The lowest BCUT2D eigenvalue weighted by atomic mass is 10.2. The molecule has 0 spiro atoms. The van der Waals surface area contributed by atoms with E-state index in [1.807, 2.05) is 6.92 Å². The molecule has 0 bridgehead atoms. The first-order valence-electron chi connectivity index (χ1n) is 3.08. The molecular formula is C7H7BrClNO. The first-order valence-corrected chi connectivity index (χ1v) is 4.25. The standard InChI is InChI=1S/C7H7BrClNO/c1-4-6(8)3-10(11)5(2)7(4)9/h3H,1-2H3. The van der Waals surface area contributed by atoms with Gasteiger partial charge in [0.1, 0.15) is 5.02 Å². The van der Waals surface area contributed by atoms with Crippen molar-refractivity contribution in [3.05, 3.63) is 32.2 Å². The van der Waals surface area contributed by atoms with Crippen molar-refractivity contribution in [2.45, 2.75) is 13.8 Å². The van der Waals surface area contributed by atoms with Gasteiger partial charge in [0.25, 0.3) is 0 Å². The summed E-state index contributed by atoms with van der Waals surface area (Å²) in [5, 5.41) is 11.5. The lowest BCUT2D eigenvalue weighted by Crippen LogP contribution is -2.30. The summed E-state index contributed by atoms with van der Waals surface area (Å²) in [7, 11) is 0. The molecule has 1 aromatic rings. The van der Waals surface area contributed by atoms with Gasteiger partial charge in [-0.15, -0.1) is 0 Å². The Labute approximate surface area is 78.5 Å². The number of hydrogen-bond donors (Lipinski definition) is 0. The Morgan fingerprint density at radius 3 is 2.64 bits per heavy atom. The molecule has 1 rings (SSSR count). The van der Waals surface area contributed by atoms with Gasteiger partial charge < -0.3 is 5.21 Å². The van der Waals surface area contributed by atoms with Gasteiger partial charge in [0, 0.05) is 6.92 Å². The van der Waals surface area contributed by atoms with E-state index in [-0.39, 0.29) is 0 Å². The molecule has 1 aromatic heterocycles. The summed E-state index contributed by atoms with van der Waals surface area (Å²) in [4.78, 5) is 0. The number of nitrogens with zero attached hydrogens (tertiary/aromatic N) is 1. The zero-order chi connectivity index (χ0) is 8.59. The Morgan fingerprint density at radius 1 is 1.55 bits per heavy atom. The van der Waals surface area contributed by atoms with Crippen molar-refractivity contribution in [1.82, 2.24) is 0 Å². The van der Waals surface area contributed by atoms with E-state index >= 15 is 0 Å². The van der Waals surface area contributed by atoms with Crippen LogP contribution in [0.15, 0.2) is 10.7 Å². The van der Waals surface area contributed by atoms with Gasteiger partial charge in [0.15, 0.2) is 6.20 Å². The molecular weight excluding hydrogens is 229 g/mol. The van der Waals surface area contributed by atoms with Gasteiger partial charge in [0.05, 0.1) is 4.47 Å². The van der Waals surface area contributed by atoms with E-state index < -0.39 is 0 Å². The minimum absolute atomic E-state index is 0.523. The van der Waals surface area contributed by atoms with Crippen LogP contribution in [-0.2, 0) is 0 Å². The maximum atomic E-state index is 11.0. The van der Waals surface area contributed by atoms with Crippen molar-refractivity contribution < 1.29 is 4.73 Å². The Kier molecular flexibility index (Phi) is 2.40. The van der Waals surface area contributed by atoms with Gasteiger partial charge in [-0.1, -0.05) is 11.6 Å². The fourth-order valence-electron chi connectivity index (χ4n) is 0.770. The zero-order valence-electron chi connectivity index (χ0n) is 6.19. The van der Waals surface area contributed by atoms with Gasteiger partial charge in [-0.25, -0.2) is 0 Å². The van der Waals surface area contributed by atoms with Crippen LogP contribution in [-0.4, -0.2) is 0 Å². The van der Waals surface area contributed by atoms with Crippen molar-refractivity contribution >= 4 is 27.5 Å². The first-order chi connectivity index (χ1) is 5.04. The predicted molar refractivity (Wildman–Crippen MR) is 47.6 cm³/mol. The number of rotatable bonds is 0. The molecule has 0 amide bonds. The van der Waals surface area contributed by atoms with Crippen molar-refractivity contribution in [1.29, 1.82) is 0 Å². The number of hydrogen-bond acceptors (Lipinski definition) is 1. The average molecular weight is 236 g/mol. The van der Waals surface area contributed by atoms with E-state index in [0.717, 1.165) is 14.8 Å². The molecule has 0 unspecified atom stereocenters. The number of halogens is 2. The highest BCUT2D eigenvalue weighted by atomic mass is 79.9. The number of pyridine rings is 1. The molecule has 0 aliphatic carbocycles. The van der Waals surface area contributed by atoms with E-state index in [2.05, 4.69) is 15.9 Å². The van der Waals surface area contributed by atoms with Gasteiger partial charge in [0.2, 0.25) is 5.69 Å². The van der Waals surface area contributed by atoms with E-state index in [4.69, 9.17) is 11.6 Å². The zero-order valence-corrected chi connectivity index (χ0v) is 8.53. The third kappa shape index (κ3) is 1.49. The van der Waals surface area contributed by atoms with Crippen LogP contribution in [0, 0.1) is 19.1 Å². The molecule has 0 fully saturated rings. The molecule has 0 aromatic carbocycles. The molecule has 0 N–H and O–H groups in total. The fourth-order valence-corrected chi connectivity index (χ4v) is 1.45. The summed E-state index contributed by atoms with van der Waals surface area (Å²) in [6.07, 6.45) is 1.45. The summed E-state index contributed by atoms with van der Waals surface area (Å²) in [6, 6.07) is 0. The highest BCUT2D eigenvalue weighted by Gasteiger charge is 2.11. The van der Waals surface area contributed by atoms with Crippen LogP contribution in [0.4, 0.5) is 0 Å². The van der Waals surface area contributed by atoms with Gasteiger partial charge >= 0.3 is 0 Å². The topological polar surface area (TPSA) is 26.9 Å². The molecule has 0 saturated carbocycles. The average Bonchev–Trinajstić information content (AvgIpc) is 1.97. The molecule has 2 nitrogen and oxygen atoms in total. The monoisotopic (exact) mass is 235 g/mol. The molecule has 0 aliphatic rings. The van der Waals surface area contributed by atoms with Crippen LogP contribution in [0.25, 0.3) is 0 Å². The van der Waals surface area contributed by atoms with E-state index in [1.54, 1.807) is 6.92 Å². The highest BCUT2D eigenvalue weighted by Crippen LogP contribution is 2.23. The van der Waals surface area contributed by atoms with Crippen LogP contribution >= 0.6 is 27.5 Å². The van der Waals surface area contributed by atoms with Crippen LogP contribution in [0.5, 0.6) is 0 Å². The van der Waals surface area contributed by atoms with Gasteiger partial charge in [-0.2, -0.15) is 4.73 Å². The summed E-state index contributed by atoms with van der Waals surface area (Å²) >= 11 is 9.06. The normalized spacial score (nSPS) is 10.2. The maximum Gasteiger partial charge on any atom is 0.208 e. The first kappa shape index (κ1) is 8.81. The molecule has 60 valence electrons. The summed E-state index contributed by atoms with van der Waals surface area (Å²) in [5.74, 6) is 0. The van der Waals surface area contributed by atoms with Gasteiger partial charge in [-0.3, -0.25) is 0 Å². The van der Waals surface area contributed by atoms with E-state index in [1.165, 1.54) is 6.20 Å². The molecule has 0 atom stereocenters. The summed E-state index contributed by atoms with van der Waals surface area (Å²) in [6.45, 7) is 3.55. The molecule has 4 heteroatoms. The predicted octanol–water partition coefficient (Wildman–Crippen LogP) is 2.35. The fraction of sp³-hybridized carbons (Fsp3) is 0.286. The Balaban J connectivity index is 3.46. The Hall–Kier alpha value is -0.280. The van der Waals surface area contributed by atoms with Gasteiger partial charge in [-0.05, 0) is 28.4 Å². The SMILES string of the molecule is Cc1c(Br)c[n+]([O-])c(C)c1Cl. The third-order valence-corrected chi connectivity index (χ3v) is 2.92. The van der Waals surface area contributed by atoms with Crippen molar-refractivity contribution in [2.75, 3.05) is 0 Å². The van der Waals surface area contributed by atoms with E-state index in [9.17, 15) is 5.21 Å². The van der Waals surface area contributed by atoms with Crippen molar-refractivity contribution in [3.8, 4) is 0 Å².